The number of anilines is 2. The molecule has 0 bridgehead atoms. The first kappa shape index (κ1) is 47.1. The van der Waals surface area contributed by atoms with Crippen LogP contribution >= 0.6 is 0 Å². The molecule has 9 aromatic rings. The van der Waals surface area contributed by atoms with Gasteiger partial charge in [-0.25, -0.2) is 0 Å². The number of hydrogen-bond acceptors (Lipinski definition) is 1. The Kier molecular flexibility index (Phi) is 14.5. The minimum atomic E-state index is -0.129. The number of nitrogens with zero attached hydrogens (tertiary/aromatic N) is 4. The van der Waals surface area contributed by atoms with E-state index in [2.05, 4.69) is 270 Å². The van der Waals surface area contributed by atoms with Gasteiger partial charge in [-0.1, -0.05) is 249 Å². The molecule has 1 aromatic heterocycles. The van der Waals surface area contributed by atoms with Gasteiger partial charge in [0.25, 0.3) is 6.33 Å². The molecule has 0 saturated carbocycles. The molecular weight excluding hydrogens is 996 g/mol. The van der Waals surface area contributed by atoms with Crippen LogP contribution in [-0.2, 0) is 22.4 Å². The zero-order chi connectivity index (χ0) is 45.9. The van der Waals surface area contributed by atoms with Crippen molar-refractivity contribution in [2.45, 2.75) is 79.1 Å². The van der Waals surface area contributed by atoms with Crippen molar-refractivity contribution in [3.05, 3.63) is 228 Å². The maximum atomic E-state index is 5.18. The fourth-order valence-electron chi connectivity index (χ4n) is 9.63. The van der Waals surface area contributed by atoms with Crippen LogP contribution in [0.3, 0.4) is 0 Å². The van der Waals surface area contributed by atoms with Crippen molar-refractivity contribution in [3.8, 4) is 33.6 Å². The smallest absolute Gasteiger partial charge is 0.269 e. The van der Waals surface area contributed by atoms with Crippen molar-refractivity contribution < 1.29 is 26.9 Å². The summed E-state index contributed by atoms with van der Waals surface area (Å²) >= 11 is 0. The average Bonchev–Trinajstić information content (AvgIpc) is 3.93. The summed E-state index contributed by atoms with van der Waals surface area (Å²) in [7, 11) is 0. The van der Waals surface area contributed by atoms with Gasteiger partial charge in [-0.15, -0.1) is 5.69 Å². The molecule has 67 heavy (non-hydrogen) atoms. The zero-order valence-electron chi connectivity index (χ0n) is 40.0. The Hall–Kier alpha value is -6.36. The third-order valence-corrected chi connectivity index (χ3v) is 12.9. The van der Waals surface area contributed by atoms with Crippen molar-refractivity contribution in [1.82, 2.24) is 4.57 Å². The molecule has 0 saturated heterocycles. The number of benzene rings is 8. The molecule has 0 N–H and O–H groups in total. The van der Waals surface area contributed by atoms with Crippen molar-refractivity contribution >= 4 is 40.5 Å². The Balaban J connectivity index is 0.000000179. The van der Waals surface area contributed by atoms with Crippen molar-refractivity contribution in [3.63, 3.8) is 0 Å². The molecular formula is C61H60AuBN4-. The number of rotatable bonds is 10. The number of aromatic nitrogens is 2. The first-order valence-electron chi connectivity index (χ1n) is 23.7. The topological polar surface area (TPSA) is 26.1 Å². The summed E-state index contributed by atoms with van der Waals surface area (Å²) in [5.41, 5.74) is 19.7. The minimum absolute atomic E-state index is 0. The van der Waals surface area contributed by atoms with Crippen molar-refractivity contribution in [1.29, 1.82) is 0 Å². The van der Waals surface area contributed by atoms with Crippen LogP contribution in [0.1, 0.15) is 101 Å². The molecule has 1 aliphatic heterocycles. The van der Waals surface area contributed by atoms with Gasteiger partial charge >= 0.3 is 0 Å². The first-order chi connectivity index (χ1) is 32.1. The molecule has 1 radical (unpaired) electrons. The van der Waals surface area contributed by atoms with E-state index in [4.69, 9.17) is 5.23 Å². The fourth-order valence-corrected chi connectivity index (χ4v) is 9.63. The largest absolute Gasteiger partial charge is 0.683 e. The predicted molar refractivity (Wildman–Crippen MR) is 281 cm³/mol. The maximum Gasteiger partial charge on any atom is 0.269 e. The van der Waals surface area contributed by atoms with Gasteiger partial charge in [-0.05, 0) is 63.1 Å². The number of para-hydroxylation sites is 6. The maximum absolute atomic E-state index is 5.18. The summed E-state index contributed by atoms with van der Waals surface area (Å²) in [5.74, 6) is 1.71. The normalized spacial score (nSPS) is 12.1. The first-order valence-corrected chi connectivity index (χ1v) is 23.7. The van der Waals surface area contributed by atoms with Gasteiger partial charge in [0.1, 0.15) is 0 Å². The molecule has 339 valence electrons. The van der Waals surface area contributed by atoms with Gasteiger partial charge < -0.3 is 10.0 Å². The summed E-state index contributed by atoms with van der Waals surface area (Å²) in [6, 6.07) is 69.2. The molecule has 6 heteroatoms. The third-order valence-electron chi connectivity index (χ3n) is 12.9. The van der Waals surface area contributed by atoms with E-state index in [0.717, 1.165) is 11.4 Å². The molecule has 0 atom stereocenters. The molecule has 1 aliphatic rings. The van der Waals surface area contributed by atoms with Crippen molar-refractivity contribution in [2.24, 2.45) is 0 Å². The Morgan fingerprint density at radius 3 is 1.43 bits per heavy atom. The molecule has 0 spiro atoms. The second-order valence-corrected chi connectivity index (χ2v) is 18.7. The Bertz CT molecular complexity index is 2880. The zero-order valence-corrected chi connectivity index (χ0v) is 42.1. The number of hydrogen-bond donors (Lipinski definition) is 0. The standard InChI is InChI=1S/C31H38N2.C30H22BN2.Au/c1-20(2)24-13-11-14-25(21(3)4)30(24)32-19-33(29-18-10-9-17-28(29)32)31-26(22(5)6)15-12-16-27(31)23(7)8;1-4-13-23(14-5-1)26-19-12-20-27(24-15-6-2-7-16-24)30(26)33-29-22-11-10-21-28(29)32-31(33)25-17-8-3-9-18-25;/h9-18,20-23H,1-8H3;1-22H;/q;-1;. The third kappa shape index (κ3) is 9.34. The van der Waals surface area contributed by atoms with Crippen LogP contribution in [0.5, 0.6) is 0 Å². The van der Waals surface area contributed by atoms with Crippen LogP contribution < -0.4 is 14.8 Å². The van der Waals surface area contributed by atoms with Crippen LogP contribution in [-0.4, -0.2) is 11.5 Å². The van der Waals surface area contributed by atoms with Gasteiger partial charge in [-0.3, -0.25) is 9.13 Å². The molecule has 2 heterocycles. The van der Waals surface area contributed by atoms with Gasteiger partial charge in [-0.2, -0.15) is 0 Å². The minimum Gasteiger partial charge on any atom is -0.683 e. The summed E-state index contributed by atoms with van der Waals surface area (Å²) in [4.78, 5) is 2.41. The van der Waals surface area contributed by atoms with Crippen LogP contribution in [0, 0.1) is 6.33 Å². The summed E-state index contributed by atoms with van der Waals surface area (Å²) < 4.78 is 4.64. The SMILES string of the molecule is CC(C)c1cccc(C(C)C)c1-n1[c-][n+](-c2c(C(C)C)cccc2C(C)C)c2ccccc21.[Au].c1ccc(B2[N-]c3ccccc3N2c2c(-c3ccccc3)cccc2-c2ccccc2)cc1. The molecule has 4 nitrogen and oxygen atoms in total. The van der Waals surface area contributed by atoms with E-state index in [0.29, 0.717) is 23.7 Å². The molecule has 0 fully saturated rings. The Labute approximate surface area is 415 Å². The van der Waals surface area contributed by atoms with Crippen LogP contribution in [0.4, 0.5) is 17.1 Å². The Morgan fingerprint density at radius 1 is 0.448 bits per heavy atom. The van der Waals surface area contributed by atoms with Gasteiger partial charge in [0.2, 0.25) is 0 Å². The number of fused-ring (bicyclic) bond motifs is 2. The molecule has 0 unspecified atom stereocenters. The van der Waals surface area contributed by atoms with E-state index in [1.54, 1.807) is 0 Å². The summed E-state index contributed by atoms with van der Waals surface area (Å²) in [6.45, 7) is 18.2. The van der Waals surface area contributed by atoms with E-state index >= 15 is 0 Å². The molecule has 0 aliphatic carbocycles. The predicted octanol–water partition coefficient (Wildman–Crippen LogP) is 15.8. The van der Waals surface area contributed by atoms with Crippen LogP contribution in [0.2, 0.25) is 0 Å². The van der Waals surface area contributed by atoms with E-state index < -0.39 is 0 Å². The second-order valence-electron chi connectivity index (χ2n) is 18.7. The summed E-state index contributed by atoms with van der Waals surface area (Å²) in [5, 5.41) is 5.18. The fraction of sp³-hybridized carbons (Fsp3) is 0.197. The molecule has 8 aromatic carbocycles. The van der Waals surface area contributed by atoms with Gasteiger partial charge in [0, 0.05) is 44.9 Å². The van der Waals surface area contributed by atoms with Gasteiger partial charge in [0.05, 0.1) is 22.4 Å². The van der Waals surface area contributed by atoms with E-state index in [-0.39, 0.29) is 29.4 Å². The molecule has 0 amide bonds. The van der Waals surface area contributed by atoms with Crippen LogP contribution in [0.25, 0.3) is 49.9 Å². The van der Waals surface area contributed by atoms with E-state index in [1.165, 1.54) is 78.1 Å². The Morgan fingerprint density at radius 2 is 0.896 bits per heavy atom. The quantitative estimate of drug-likeness (QED) is 0.0761. The van der Waals surface area contributed by atoms with E-state index in [1.807, 2.05) is 0 Å². The summed E-state index contributed by atoms with van der Waals surface area (Å²) in [6.07, 6.45) is 3.84. The monoisotopic (exact) mass is 1060 g/mol. The van der Waals surface area contributed by atoms with Crippen LogP contribution in [0.15, 0.2) is 194 Å². The second kappa shape index (κ2) is 20.7. The molecule has 10 rings (SSSR count). The average molecular weight is 1060 g/mol. The number of imidazole rings is 1. The van der Waals surface area contributed by atoms with Gasteiger partial charge in [0.15, 0.2) is 6.98 Å². The van der Waals surface area contributed by atoms with Crippen molar-refractivity contribution in [2.75, 3.05) is 4.81 Å². The van der Waals surface area contributed by atoms with E-state index in [9.17, 15) is 0 Å².